The third-order valence-corrected chi connectivity index (χ3v) is 5.80. The van der Waals surface area contributed by atoms with Crippen LogP contribution in [0, 0.1) is 0 Å². The van der Waals surface area contributed by atoms with Gasteiger partial charge in [-0.3, -0.25) is 19.7 Å². The number of hydrogen-bond acceptors (Lipinski definition) is 7. The summed E-state index contributed by atoms with van der Waals surface area (Å²) in [5, 5.41) is 8.85. The number of aryl methyl sites for hydroxylation is 1. The normalized spacial score (nSPS) is 11.2. The number of carbonyl (C=O) groups excluding carboxylic acids is 1. The minimum atomic E-state index is -4.03. The van der Waals surface area contributed by atoms with E-state index in [2.05, 4.69) is 19.7 Å². The lowest BCUT2D eigenvalue weighted by atomic mass is 10.0. The standard InChI is InChI=1S/C21H18N6O4S/c1-27-12-20(23-13-27)32(30,31)26-19-10-17(21(28)25-29)9-18(24-19)15-6-4-14(5-7-15)16-3-2-8-22-11-16/h2-13,29H,1H3,(H,24,26)(H,25,28). The van der Waals surface area contributed by atoms with E-state index < -0.39 is 15.9 Å². The van der Waals surface area contributed by atoms with Crippen LogP contribution >= 0.6 is 0 Å². The van der Waals surface area contributed by atoms with Gasteiger partial charge in [-0.1, -0.05) is 30.3 Å². The van der Waals surface area contributed by atoms with Crippen molar-refractivity contribution in [1.82, 2.24) is 25.0 Å². The maximum Gasteiger partial charge on any atom is 0.282 e. The molecule has 32 heavy (non-hydrogen) atoms. The zero-order chi connectivity index (χ0) is 22.7. The third-order valence-electron chi connectivity index (χ3n) is 4.56. The van der Waals surface area contributed by atoms with Gasteiger partial charge in [0.25, 0.3) is 15.9 Å². The van der Waals surface area contributed by atoms with E-state index >= 15 is 0 Å². The molecule has 10 nitrogen and oxygen atoms in total. The van der Waals surface area contributed by atoms with E-state index in [0.29, 0.717) is 11.3 Å². The fourth-order valence-electron chi connectivity index (χ4n) is 3.01. The van der Waals surface area contributed by atoms with Crippen molar-refractivity contribution in [2.45, 2.75) is 5.03 Å². The summed E-state index contributed by atoms with van der Waals surface area (Å²) in [5.41, 5.74) is 4.41. The molecular formula is C21H18N6O4S. The number of nitrogens with zero attached hydrogens (tertiary/aromatic N) is 4. The van der Waals surface area contributed by atoms with Crippen LogP contribution in [0.3, 0.4) is 0 Å². The van der Waals surface area contributed by atoms with Gasteiger partial charge in [0.2, 0.25) is 0 Å². The smallest absolute Gasteiger partial charge is 0.282 e. The Labute approximate surface area is 183 Å². The molecule has 0 aliphatic rings. The van der Waals surface area contributed by atoms with Gasteiger partial charge in [0, 0.05) is 36.8 Å². The molecule has 0 spiro atoms. The number of carbonyl (C=O) groups is 1. The number of hydroxylamine groups is 1. The summed E-state index contributed by atoms with van der Waals surface area (Å²) in [6.07, 6.45) is 6.12. The first-order valence-corrected chi connectivity index (χ1v) is 10.8. The zero-order valence-corrected chi connectivity index (χ0v) is 17.6. The first kappa shape index (κ1) is 21.2. The van der Waals surface area contributed by atoms with Gasteiger partial charge in [0.1, 0.15) is 5.82 Å². The van der Waals surface area contributed by atoms with Gasteiger partial charge < -0.3 is 4.57 Å². The zero-order valence-electron chi connectivity index (χ0n) is 16.8. The largest absolute Gasteiger partial charge is 0.339 e. The summed E-state index contributed by atoms with van der Waals surface area (Å²) in [6, 6.07) is 13.8. The van der Waals surface area contributed by atoms with Crippen molar-refractivity contribution in [3.05, 3.63) is 79.0 Å². The molecule has 11 heteroatoms. The number of pyridine rings is 2. The highest BCUT2D eigenvalue weighted by atomic mass is 32.2. The van der Waals surface area contributed by atoms with Crippen LogP contribution in [0.15, 0.2) is 78.5 Å². The lowest BCUT2D eigenvalue weighted by molar-refractivity contribution is 0.0706. The predicted molar refractivity (Wildman–Crippen MR) is 116 cm³/mol. The second-order valence-electron chi connectivity index (χ2n) is 6.87. The molecule has 0 saturated heterocycles. The van der Waals surface area contributed by atoms with Crippen LogP contribution in [0.25, 0.3) is 22.4 Å². The Bertz CT molecular complexity index is 1370. The Morgan fingerprint density at radius 3 is 2.44 bits per heavy atom. The number of hydrogen-bond donors (Lipinski definition) is 3. The Balaban J connectivity index is 1.71. The second-order valence-corrected chi connectivity index (χ2v) is 8.50. The van der Waals surface area contributed by atoms with Crippen LogP contribution in [0.4, 0.5) is 5.82 Å². The molecule has 3 N–H and O–H groups in total. The van der Waals surface area contributed by atoms with Crippen molar-refractivity contribution < 1.29 is 18.4 Å². The van der Waals surface area contributed by atoms with Crippen molar-refractivity contribution in [2.75, 3.05) is 4.72 Å². The Morgan fingerprint density at radius 2 is 1.81 bits per heavy atom. The molecule has 0 fully saturated rings. The van der Waals surface area contributed by atoms with Crippen molar-refractivity contribution in [3.8, 4) is 22.4 Å². The van der Waals surface area contributed by atoms with Crippen LogP contribution in [-0.4, -0.2) is 39.1 Å². The van der Waals surface area contributed by atoms with Gasteiger partial charge in [-0.2, -0.15) is 8.42 Å². The molecule has 3 aromatic heterocycles. The minimum Gasteiger partial charge on any atom is -0.339 e. The average Bonchev–Trinajstić information content (AvgIpc) is 3.26. The van der Waals surface area contributed by atoms with E-state index in [1.807, 2.05) is 24.3 Å². The van der Waals surface area contributed by atoms with Gasteiger partial charge in [0.05, 0.1) is 12.0 Å². The summed E-state index contributed by atoms with van der Waals surface area (Å²) in [7, 11) is -2.39. The molecule has 3 heterocycles. The maximum atomic E-state index is 12.6. The van der Waals surface area contributed by atoms with Gasteiger partial charge >= 0.3 is 0 Å². The summed E-state index contributed by atoms with van der Waals surface area (Å²) >= 11 is 0. The average molecular weight is 450 g/mol. The van der Waals surface area contributed by atoms with Crippen molar-refractivity contribution in [2.24, 2.45) is 7.05 Å². The summed E-state index contributed by atoms with van der Waals surface area (Å²) < 4.78 is 29.1. The van der Waals surface area contributed by atoms with Gasteiger partial charge in [-0.25, -0.2) is 15.4 Å². The topological polar surface area (TPSA) is 139 Å². The van der Waals surface area contributed by atoms with E-state index in [0.717, 1.165) is 11.1 Å². The highest BCUT2D eigenvalue weighted by molar-refractivity contribution is 7.92. The number of aromatic nitrogens is 4. The second kappa shape index (κ2) is 8.57. The Morgan fingerprint density at radius 1 is 1.06 bits per heavy atom. The maximum absolute atomic E-state index is 12.6. The molecule has 0 unspecified atom stereocenters. The first-order chi connectivity index (χ1) is 15.4. The number of imidazole rings is 1. The lowest BCUT2D eigenvalue weighted by Gasteiger charge is -2.11. The number of benzene rings is 1. The predicted octanol–water partition coefficient (Wildman–Crippen LogP) is 2.46. The molecule has 1 amide bonds. The fourth-order valence-corrected chi connectivity index (χ4v) is 3.99. The Kier molecular flexibility index (Phi) is 5.67. The number of sulfonamides is 1. The SMILES string of the molecule is Cn1cnc(S(=O)(=O)Nc2cc(C(=O)NO)cc(-c3ccc(-c4cccnc4)cc3)n2)c1. The molecule has 4 rings (SSSR count). The lowest BCUT2D eigenvalue weighted by Crippen LogP contribution is -2.20. The van der Waals surface area contributed by atoms with Crippen LogP contribution in [-0.2, 0) is 17.1 Å². The van der Waals surface area contributed by atoms with E-state index in [1.54, 1.807) is 37.1 Å². The molecular weight excluding hydrogens is 432 g/mol. The summed E-state index contributed by atoms with van der Waals surface area (Å²) in [4.78, 5) is 24.3. The van der Waals surface area contributed by atoms with Crippen LogP contribution in [0.2, 0.25) is 0 Å². The quantitative estimate of drug-likeness (QED) is 0.303. The summed E-state index contributed by atoms with van der Waals surface area (Å²) in [6.45, 7) is 0. The van der Waals surface area contributed by atoms with E-state index in [9.17, 15) is 13.2 Å². The highest BCUT2D eigenvalue weighted by Crippen LogP contribution is 2.26. The van der Waals surface area contributed by atoms with Crippen LogP contribution in [0.1, 0.15) is 10.4 Å². The van der Waals surface area contributed by atoms with E-state index in [1.165, 1.54) is 29.2 Å². The molecule has 162 valence electrons. The van der Waals surface area contributed by atoms with E-state index in [-0.39, 0.29) is 16.4 Å². The van der Waals surface area contributed by atoms with Gasteiger partial charge in [-0.05, 0) is 29.3 Å². The number of rotatable bonds is 6. The fraction of sp³-hybridized carbons (Fsp3) is 0.0476. The number of nitrogens with one attached hydrogen (secondary N) is 2. The molecule has 0 aliphatic carbocycles. The molecule has 1 aromatic carbocycles. The monoisotopic (exact) mass is 450 g/mol. The van der Waals surface area contributed by atoms with Gasteiger partial charge in [-0.15, -0.1) is 0 Å². The van der Waals surface area contributed by atoms with Crippen molar-refractivity contribution in [1.29, 1.82) is 0 Å². The molecule has 0 saturated carbocycles. The van der Waals surface area contributed by atoms with Crippen molar-refractivity contribution in [3.63, 3.8) is 0 Å². The highest BCUT2D eigenvalue weighted by Gasteiger charge is 2.20. The van der Waals surface area contributed by atoms with Crippen LogP contribution in [0.5, 0.6) is 0 Å². The van der Waals surface area contributed by atoms with Crippen molar-refractivity contribution >= 4 is 21.7 Å². The molecule has 0 aliphatic heterocycles. The third kappa shape index (κ3) is 4.48. The van der Waals surface area contributed by atoms with Gasteiger partial charge in [0.15, 0.2) is 5.03 Å². The Hall–Kier alpha value is -4.09. The number of amides is 1. The molecule has 0 atom stereocenters. The molecule has 4 aromatic rings. The first-order valence-electron chi connectivity index (χ1n) is 9.34. The van der Waals surface area contributed by atoms with E-state index in [4.69, 9.17) is 5.21 Å². The summed E-state index contributed by atoms with van der Waals surface area (Å²) in [5.74, 6) is -0.901. The minimum absolute atomic E-state index is 0.0209. The molecule has 0 radical (unpaired) electrons. The van der Waals surface area contributed by atoms with Crippen LogP contribution < -0.4 is 10.2 Å². The number of anilines is 1. The molecule has 0 bridgehead atoms.